The summed E-state index contributed by atoms with van der Waals surface area (Å²) in [5, 5.41) is 8.14. The van der Waals surface area contributed by atoms with E-state index in [1.165, 1.54) is 15.7 Å². The van der Waals surface area contributed by atoms with E-state index in [-0.39, 0.29) is 18.4 Å². The first-order chi connectivity index (χ1) is 16.7. The first-order valence-electron chi connectivity index (χ1n) is 11.4. The van der Waals surface area contributed by atoms with Gasteiger partial charge < -0.3 is 5.32 Å². The highest BCUT2D eigenvalue weighted by atomic mass is 16.2. The van der Waals surface area contributed by atoms with E-state index < -0.39 is 0 Å². The molecule has 1 N–H and O–H groups in total. The third-order valence-electron chi connectivity index (χ3n) is 6.54. The zero-order valence-corrected chi connectivity index (χ0v) is 18.5. The van der Waals surface area contributed by atoms with Crippen LogP contribution in [0.2, 0.25) is 0 Å². The molecule has 0 spiro atoms. The minimum Gasteiger partial charge on any atom is -0.380 e. The van der Waals surface area contributed by atoms with Gasteiger partial charge in [0.15, 0.2) is 0 Å². The second-order valence-electron chi connectivity index (χ2n) is 8.55. The number of carbonyl (C=O) groups is 2. The number of nitrogens with zero attached hydrogens (tertiary/aromatic N) is 1. The minimum absolute atomic E-state index is 0.232. The van der Waals surface area contributed by atoms with Gasteiger partial charge in [-0.05, 0) is 45.5 Å². The van der Waals surface area contributed by atoms with Crippen molar-refractivity contribution in [2.75, 3.05) is 5.32 Å². The molecule has 4 heteroatoms. The number of hydrogen-bond donors (Lipinski definition) is 1. The fraction of sp³-hybridized carbons (Fsp3) is 0.0667. The summed E-state index contributed by atoms with van der Waals surface area (Å²) >= 11 is 0. The van der Waals surface area contributed by atoms with Crippen molar-refractivity contribution in [3.63, 3.8) is 0 Å². The first-order valence-corrected chi connectivity index (χ1v) is 11.4. The number of benzene rings is 5. The summed E-state index contributed by atoms with van der Waals surface area (Å²) < 4.78 is 0. The van der Waals surface area contributed by atoms with Gasteiger partial charge in [0.25, 0.3) is 11.8 Å². The lowest BCUT2D eigenvalue weighted by atomic mass is 9.98. The normalized spacial score (nSPS) is 13.0. The second kappa shape index (κ2) is 8.16. The Morgan fingerprint density at radius 3 is 1.94 bits per heavy atom. The summed E-state index contributed by atoms with van der Waals surface area (Å²) in [6, 6.07) is 33.9. The predicted octanol–water partition coefficient (Wildman–Crippen LogP) is 6.40. The molecule has 0 radical (unpaired) electrons. The quantitative estimate of drug-likeness (QED) is 0.320. The van der Waals surface area contributed by atoms with Gasteiger partial charge in [0.05, 0.1) is 17.7 Å². The molecule has 0 saturated carbocycles. The Labute approximate surface area is 197 Å². The Balaban J connectivity index is 1.35. The van der Waals surface area contributed by atoms with E-state index in [0.29, 0.717) is 17.7 Å². The maximum Gasteiger partial charge on any atom is 0.261 e. The lowest BCUT2D eigenvalue weighted by molar-refractivity contribution is 0.0643. The summed E-state index contributed by atoms with van der Waals surface area (Å²) in [6.45, 7) is 0.874. The van der Waals surface area contributed by atoms with E-state index in [4.69, 9.17) is 0 Å². The predicted molar refractivity (Wildman–Crippen MR) is 136 cm³/mol. The van der Waals surface area contributed by atoms with E-state index in [2.05, 4.69) is 53.8 Å². The number of fused-ring (bicyclic) bond motifs is 3. The van der Waals surface area contributed by atoms with E-state index >= 15 is 0 Å². The summed E-state index contributed by atoms with van der Waals surface area (Å²) in [4.78, 5) is 27.3. The van der Waals surface area contributed by atoms with Crippen LogP contribution in [0.15, 0.2) is 103 Å². The van der Waals surface area contributed by atoms with Gasteiger partial charge in [-0.3, -0.25) is 14.5 Å². The van der Waals surface area contributed by atoms with Crippen molar-refractivity contribution in [2.24, 2.45) is 0 Å². The van der Waals surface area contributed by atoms with E-state index in [9.17, 15) is 9.59 Å². The van der Waals surface area contributed by atoms with Crippen molar-refractivity contribution in [3.05, 3.63) is 125 Å². The molecule has 164 valence electrons. The highest BCUT2D eigenvalue weighted by Crippen LogP contribution is 2.30. The number of anilines is 1. The Hall–Kier alpha value is -4.44. The largest absolute Gasteiger partial charge is 0.380 e. The van der Waals surface area contributed by atoms with Crippen LogP contribution < -0.4 is 5.32 Å². The molecule has 0 atom stereocenters. The van der Waals surface area contributed by atoms with E-state index in [0.717, 1.165) is 27.6 Å². The second-order valence-corrected chi connectivity index (χ2v) is 8.55. The van der Waals surface area contributed by atoms with Crippen molar-refractivity contribution in [2.45, 2.75) is 13.1 Å². The highest BCUT2D eigenvalue weighted by molar-refractivity contribution is 6.21. The molecule has 5 aromatic rings. The van der Waals surface area contributed by atoms with Gasteiger partial charge in [-0.2, -0.15) is 0 Å². The van der Waals surface area contributed by atoms with Gasteiger partial charge in [0.1, 0.15) is 0 Å². The average molecular weight is 443 g/mol. The lowest BCUT2D eigenvalue weighted by Crippen LogP contribution is -2.29. The Bertz CT molecular complexity index is 1540. The molecule has 5 aromatic carbocycles. The average Bonchev–Trinajstić information content (AvgIpc) is 3.12. The SMILES string of the molecule is O=C1c2ccccc2C(=O)N1Cc1cccc2cccc(CNc3cccc4ccccc34)c12. The van der Waals surface area contributed by atoms with Crippen molar-refractivity contribution in [1.29, 1.82) is 0 Å². The highest BCUT2D eigenvalue weighted by Gasteiger charge is 2.35. The third-order valence-corrected chi connectivity index (χ3v) is 6.54. The monoisotopic (exact) mass is 442 g/mol. The lowest BCUT2D eigenvalue weighted by Gasteiger charge is -2.18. The standard InChI is InChI=1S/C30H22N2O2/c33-29-25-15-3-4-16-26(25)30(34)32(29)19-23-13-6-11-21-10-5-12-22(28(21)23)18-31-27-17-7-9-20-8-1-2-14-24(20)27/h1-17,31H,18-19H2. The molecular weight excluding hydrogens is 420 g/mol. The topological polar surface area (TPSA) is 49.4 Å². The fourth-order valence-electron chi connectivity index (χ4n) is 4.90. The smallest absolute Gasteiger partial charge is 0.261 e. The third kappa shape index (κ3) is 3.32. The molecule has 6 rings (SSSR count). The van der Waals surface area contributed by atoms with Gasteiger partial charge in [0.2, 0.25) is 0 Å². The first kappa shape index (κ1) is 20.2. The van der Waals surface area contributed by atoms with Gasteiger partial charge in [0, 0.05) is 17.6 Å². The molecule has 0 aromatic heterocycles. The molecule has 0 fully saturated rings. The molecule has 1 heterocycles. The number of imide groups is 1. The zero-order chi connectivity index (χ0) is 23.1. The van der Waals surface area contributed by atoms with E-state index in [1.807, 2.05) is 30.3 Å². The molecule has 1 aliphatic rings. The van der Waals surface area contributed by atoms with Crippen molar-refractivity contribution < 1.29 is 9.59 Å². The molecular formula is C30H22N2O2. The Morgan fingerprint density at radius 2 is 1.18 bits per heavy atom. The molecule has 0 aliphatic carbocycles. The van der Waals surface area contributed by atoms with Crippen LogP contribution in [0.1, 0.15) is 31.8 Å². The number of rotatable bonds is 5. The number of carbonyl (C=O) groups excluding carboxylic acids is 2. The van der Waals surface area contributed by atoms with Crippen LogP contribution in [0.4, 0.5) is 5.69 Å². The van der Waals surface area contributed by atoms with Crippen LogP contribution in [0, 0.1) is 0 Å². The maximum atomic E-state index is 13.0. The molecule has 0 bridgehead atoms. The van der Waals surface area contributed by atoms with Gasteiger partial charge in [-0.25, -0.2) is 0 Å². The number of nitrogens with one attached hydrogen (secondary N) is 1. The molecule has 34 heavy (non-hydrogen) atoms. The number of hydrogen-bond acceptors (Lipinski definition) is 3. The summed E-state index contributed by atoms with van der Waals surface area (Å²) in [6.07, 6.45) is 0. The Morgan fingerprint density at radius 1 is 0.588 bits per heavy atom. The van der Waals surface area contributed by atoms with E-state index in [1.54, 1.807) is 24.3 Å². The van der Waals surface area contributed by atoms with Crippen molar-refractivity contribution in [3.8, 4) is 0 Å². The summed E-state index contributed by atoms with van der Waals surface area (Å²) in [7, 11) is 0. The van der Waals surface area contributed by atoms with Gasteiger partial charge >= 0.3 is 0 Å². The summed E-state index contributed by atoms with van der Waals surface area (Å²) in [5.74, 6) is -0.465. The molecule has 0 saturated heterocycles. The fourth-order valence-corrected chi connectivity index (χ4v) is 4.90. The van der Waals surface area contributed by atoms with Crippen molar-refractivity contribution in [1.82, 2.24) is 4.90 Å². The maximum absolute atomic E-state index is 13.0. The van der Waals surface area contributed by atoms with Gasteiger partial charge in [-0.1, -0.05) is 84.9 Å². The van der Waals surface area contributed by atoms with Crippen LogP contribution in [0.5, 0.6) is 0 Å². The van der Waals surface area contributed by atoms with Crippen LogP contribution in [-0.4, -0.2) is 16.7 Å². The van der Waals surface area contributed by atoms with Gasteiger partial charge in [-0.15, -0.1) is 0 Å². The number of amides is 2. The van der Waals surface area contributed by atoms with Crippen LogP contribution in [0.3, 0.4) is 0 Å². The minimum atomic E-state index is -0.232. The van der Waals surface area contributed by atoms with Crippen LogP contribution >= 0.6 is 0 Å². The molecule has 4 nitrogen and oxygen atoms in total. The van der Waals surface area contributed by atoms with Crippen LogP contribution in [0.25, 0.3) is 21.5 Å². The molecule has 0 unspecified atom stereocenters. The van der Waals surface area contributed by atoms with Crippen LogP contribution in [-0.2, 0) is 13.1 Å². The summed E-state index contributed by atoms with van der Waals surface area (Å²) in [5.41, 5.74) is 4.11. The zero-order valence-electron chi connectivity index (χ0n) is 18.5. The van der Waals surface area contributed by atoms with Crippen molar-refractivity contribution >= 4 is 39.0 Å². The molecule has 1 aliphatic heterocycles. The Kier molecular flexibility index (Phi) is 4.84. The molecule has 2 amide bonds.